The Hall–Kier alpha value is -0.0369. The van der Waals surface area contributed by atoms with E-state index in [2.05, 4.69) is 58.0 Å². The van der Waals surface area contributed by atoms with E-state index < -0.39 is 0 Å². The molecule has 0 saturated carbocycles. The van der Waals surface area contributed by atoms with E-state index in [1.54, 1.807) is 0 Å². The van der Waals surface area contributed by atoms with Crippen molar-refractivity contribution in [1.82, 2.24) is 4.98 Å². The molecule has 0 unspecified atom stereocenters. The monoisotopic (exact) mass is 373 g/mol. The van der Waals surface area contributed by atoms with Crippen LogP contribution in [0.4, 0.5) is 0 Å². The summed E-state index contributed by atoms with van der Waals surface area (Å²) in [7, 11) is 0. The number of allylic oxidation sites excluding steroid dienone is 6. The van der Waals surface area contributed by atoms with Crippen LogP contribution in [-0.2, 0) is 26.2 Å². The topological polar surface area (TPSA) is 15.8 Å². The van der Waals surface area contributed by atoms with Gasteiger partial charge < -0.3 is 29.8 Å². The van der Waals surface area contributed by atoms with Gasteiger partial charge in [0.15, 0.2) is 0 Å². The summed E-state index contributed by atoms with van der Waals surface area (Å²) in [5.74, 6) is 0. The summed E-state index contributed by atoms with van der Waals surface area (Å²) < 4.78 is 0. The molecule has 102 valence electrons. The molecule has 2 rings (SSSR count). The van der Waals surface area contributed by atoms with E-state index in [4.69, 9.17) is 0 Å². The zero-order valence-corrected chi connectivity index (χ0v) is 16.0. The van der Waals surface area contributed by atoms with E-state index >= 15 is 0 Å². The molecule has 0 radical (unpaired) electrons. The van der Waals surface area contributed by atoms with Gasteiger partial charge in [0.2, 0.25) is 0 Å². The van der Waals surface area contributed by atoms with E-state index in [0.717, 1.165) is 0 Å². The largest absolute Gasteiger partial charge is 4.00 e. The van der Waals surface area contributed by atoms with Crippen LogP contribution in [0.15, 0.2) is 29.4 Å². The fraction of sp³-hybridized carbons (Fsp3) is 0.333. The van der Waals surface area contributed by atoms with Crippen molar-refractivity contribution in [3.05, 3.63) is 58.5 Å². The number of nitrogens with one attached hydrogen (secondary N) is 1. The maximum absolute atomic E-state index is 3.10. The van der Waals surface area contributed by atoms with Gasteiger partial charge in [0.25, 0.3) is 0 Å². The van der Waals surface area contributed by atoms with Crippen LogP contribution in [0.5, 0.6) is 0 Å². The van der Waals surface area contributed by atoms with Crippen LogP contribution in [0.1, 0.15) is 30.7 Å². The Bertz CT molecular complexity index is 419. The van der Waals surface area contributed by atoms with Crippen LogP contribution < -0.4 is 24.8 Å². The SMILES string of the molecule is CC(C)=C1[C-]=CC=C1.Cc1[c-][nH]c(C)c1C.[Cl-].[Cl-].[Zr+4]. The van der Waals surface area contributed by atoms with Gasteiger partial charge in [0.1, 0.15) is 0 Å². The van der Waals surface area contributed by atoms with Crippen molar-refractivity contribution in [3.63, 3.8) is 0 Å². The summed E-state index contributed by atoms with van der Waals surface area (Å²) in [6.07, 6.45) is 12.1. The Morgan fingerprint density at radius 1 is 1.11 bits per heavy atom. The molecule has 0 spiro atoms. The fourth-order valence-corrected chi connectivity index (χ4v) is 1.30. The zero-order valence-electron chi connectivity index (χ0n) is 12.0. The number of hydrogen-bond donors (Lipinski definition) is 1. The molecule has 0 atom stereocenters. The molecule has 1 heterocycles. The molecular weight excluding hydrogens is 356 g/mol. The molecular formula is C15H19Cl2NZr. The summed E-state index contributed by atoms with van der Waals surface area (Å²) in [5.41, 5.74) is 6.33. The van der Waals surface area contributed by atoms with E-state index in [1.165, 1.54) is 28.0 Å². The second-order valence-corrected chi connectivity index (χ2v) is 4.21. The normalized spacial score (nSPS) is 10.7. The van der Waals surface area contributed by atoms with Crippen LogP contribution in [0, 0.1) is 33.0 Å². The van der Waals surface area contributed by atoms with Crippen molar-refractivity contribution in [2.45, 2.75) is 34.6 Å². The van der Waals surface area contributed by atoms with Crippen LogP contribution in [0.25, 0.3) is 0 Å². The van der Waals surface area contributed by atoms with E-state index in [-0.39, 0.29) is 51.0 Å². The van der Waals surface area contributed by atoms with Gasteiger partial charge in [-0.05, 0) is 0 Å². The number of aryl methyl sites for hydroxylation is 2. The first-order valence-electron chi connectivity index (χ1n) is 5.49. The molecule has 0 saturated heterocycles. The molecule has 1 aliphatic rings. The molecule has 0 aliphatic heterocycles. The average Bonchev–Trinajstić information content (AvgIpc) is 2.86. The quantitative estimate of drug-likeness (QED) is 0.505. The molecule has 0 bridgehead atoms. The van der Waals surface area contributed by atoms with Gasteiger partial charge in [-0.3, -0.25) is 0 Å². The first-order chi connectivity index (χ1) is 7.52. The Morgan fingerprint density at radius 2 is 1.68 bits per heavy atom. The molecule has 1 N–H and O–H groups in total. The van der Waals surface area contributed by atoms with Gasteiger partial charge in [-0.25, -0.2) is 0 Å². The van der Waals surface area contributed by atoms with Gasteiger partial charge in [-0.2, -0.15) is 34.9 Å². The van der Waals surface area contributed by atoms with E-state index in [1.807, 2.05) is 12.2 Å². The number of hydrogen-bond acceptors (Lipinski definition) is 0. The van der Waals surface area contributed by atoms with Crippen molar-refractivity contribution in [1.29, 1.82) is 0 Å². The van der Waals surface area contributed by atoms with Crippen molar-refractivity contribution in [2.24, 2.45) is 0 Å². The summed E-state index contributed by atoms with van der Waals surface area (Å²) in [4.78, 5) is 3.01. The average molecular weight is 375 g/mol. The Kier molecular flexibility index (Phi) is 14.9. The third kappa shape index (κ3) is 7.97. The van der Waals surface area contributed by atoms with Gasteiger partial charge in [-0.15, -0.1) is 23.5 Å². The van der Waals surface area contributed by atoms with Crippen molar-refractivity contribution < 1.29 is 51.0 Å². The van der Waals surface area contributed by atoms with Crippen LogP contribution >= 0.6 is 0 Å². The van der Waals surface area contributed by atoms with Crippen molar-refractivity contribution >= 4 is 0 Å². The summed E-state index contributed by atoms with van der Waals surface area (Å²) >= 11 is 0. The van der Waals surface area contributed by atoms with Crippen molar-refractivity contribution in [3.8, 4) is 0 Å². The predicted molar refractivity (Wildman–Crippen MR) is 69.2 cm³/mol. The second-order valence-electron chi connectivity index (χ2n) is 4.21. The standard InChI is InChI=1S/C8H9.C7H10N.2ClH.Zr/c1-7(2)8-5-3-4-6-8;1-5-4-8-7(3)6(5)2;;;/h3-5H,1-2H3;8H,1-3H3;2*1H;/q2*-1;;;+4/p-2. The maximum Gasteiger partial charge on any atom is 4.00 e. The minimum Gasteiger partial charge on any atom is -1.00 e. The molecule has 0 fully saturated rings. The van der Waals surface area contributed by atoms with Gasteiger partial charge >= 0.3 is 26.2 Å². The Morgan fingerprint density at radius 3 is 1.84 bits per heavy atom. The first-order valence-corrected chi connectivity index (χ1v) is 5.49. The Labute approximate surface area is 148 Å². The number of aromatic nitrogens is 1. The van der Waals surface area contributed by atoms with Crippen molar-refractivity contribution in [2.75, 3.05) is 0 Å². The predicted octanol–water partition coefficient (Wildman–Crippen LogP) is -2.00. The molecule has 4 heteroatoms. The molecule has 19 heavy (non-hydrogen) atoms. The van der Waals surface area contributed by atoms with Crippen LogP contribution in [0.3, 0.4) is 0 Å². The zero-order chi connectivity index (χ0) is 12.1. The minimum atomic E-state index is 0. The molecule has 0 aromatic carbocycles. The molecule has 1 aromatic heterocycles. The summed E-state index contributed by atoms with van der Waals surface area (Å²) in [6, 6.07) is 0. The maximum atomic E-state index is 3.10. The van der Waals surface area contributed by atoms with Gasteiger partial charge in [0, 0.05) is 0 Å². The third-order valence-electron chi connectivity index (χ3n) is 2.70. The number of H-pyrrole nitrogens is 1. The fourth-order valence-electron chi connectivity index (χ4n) is 1.30. The van der Waals surface area contributed by atoms with Crippen LogP contribution in [0.2, 0.25) is 0 Å². The third-order valence-corrected chi connectivity index (χ3v) is 2.70. The summed E-state index contributed by atoms with van der Waals surface area (Å²) in [5, 5.41) is 0. The number of rotatable bonds is 0. The molecule has 1 aromatic rings. The van der Waals surface area contributed by atoms with E-state index in [9.17, 15) is 0 Å². The summed E-state index contributed by atoms with van der Waals surface area (Å²) in [6.45, 7) is 10.4. The second kappa shape index (κ2) is 11.8. The van der Waals surface area contributed by atoms with Crippen LogP contribution in [-0.4, -0.2) is 4.98 Å². The molecule has 1 aliphatic carbocycles. The first kappa shape index (κ1) is 24.0. The Balaban J connectivity index is -0.000000233. The molecule has 1 nitrogen and oxygen atoms in total. The van der Waals surface area contributed by atoms with Gasteiger partial charge in [-0.1, -0.05) is 34.6 Å². The number of aromatic amines is 1. The van der Waals surface area contributed by atoms with Gasteiger partial charge in [0.05, 0.1) is 0 Å². The number of halogens is 2. The minimum absolute atomic E-state index is 0. The smallest absolute Gasteiger partial charge is 1.00 e. The van der Waals surface area contributed by atoms with E-state index in [0.29, 0.717) is 0 Å². The molecule has 0 amide bonds.